The minimum atomic E-state index is -0.0370. The van der Waals surface area contributed by atoms with Gasteiger partial charge in [0.25, 0.3) is 5.91 Å². The van der Waals surface area contributed by atoms with Gasteiger partial charge < -0.3 is 10.2 Å². The number of nitrogens with one attached hydrogen (secondary N) is 1. The van der Waals surface area contributed by atoms with E-state index in [4.69, 9.17) is 0 Å². The van der Waals surface area contributed by atoms with Crippen molar-refractivity contribution in [2.75, 3.05) is 27.2 Å². The summed E-state index contributed by atoms with van der Waals surface area (Å²) >= 11 is 0. The van der Waals surface area contributed by atoms with E-state index in [-0.39, 0.29) is 11.3 Å². The zero-order valence-electron chi connectivity index (χ0n) is 16.5. The molecule has 0 spiro atoms. The number of rotatable bonds is 6. The third kappa shape index (κ3) is 4.92. The number of hydrogen-bond acceptors (Lipinski definition) is 3. The third-order valence-electron chi connectivity index (χ3n) is 4.54. The van der Waals surface area contributed by atoms with Gasteiger partial charge in [-0.3, -0.25) is 9.78 Å². The molecule has 0 atom stereocenters. The number of para-hydroxylation sites is 1. The first-order valence-electron chi connectivity index (χ1n) is 9.22. The Morgan fingerprint density at radius 1 is 1.04 bits per heavy atom. The summed E-state index contributed by atoms with van der Waals surface area (Å²) in [6.07, 6.45) is 1.88. The van der Waals surface area contributed by atoms with E-state index < -0.39 is 0 Å². The Balaban J connectivity index is 1.69. The highest BCUT2D eigenvalue weighted by Gasteiger charge is 2.20. The molecule has 27 heavy (non-hydrogen) atoms. The van der Waals surface area contributed by atoms with Gasteiger partial charge in [0.05, 0.1) is 5.52 Å². The molecule has 4 heteroatoms. The summed E-state index contributed by atoms with van der Waals surface area (Å²) in [5, 5.41) is 4.16. The van der Waals surface area contributed by atoms with E-state index in [0.717, 1.165) is 28.6 Å². The largest absolute Gasteiger partial charge is 0.351 e. The fourth-order valence-electron chi connectivity index (χ4n) is 3.38. The molecular formula is C23H27N3O. The molecule has 140 valence electrons. The first-order chi connectivity index (χ1) is 12.8. The molecular weight excluding hydrogens is 334 g/mol. The van der Waals surface area contributed by atoms with Crippen molar-refractivity contribution in [3.63, 3.8) is 0 Å². The van der Waals surface area contributed by atoms with E-state index in [1.165, 1.54) is 0 Å². The number of nitrogens with zero attached hydrogens (tertiary/aromatic N) is 2. The number of amides is 1. The highest BCUT2D eigenvalue weighted by molar-refractivity contribution is 5.94. The molecule has 0 fully saturated rings. The zero-order chi connectivity index (χ0) is 19.4. The molecule has 1 aromatic heterocycles. The number of pyridine rings is 1. The quantitative estimate of drug-likeness (QED) is 0.715. The standard InChI is InChI=1S/C23H27N3O/c1-23(2,16-26(3)4)15-25-22(27)18-11-9-17(10-12-18)20-13-19-7-5-6-8-21(19)24-14-20/h5-14H,15-16H2,1-4H3,(H,25,27). The van der Waals surface area contributed by atoms with E-state index in [0.29, 0.717) is 12.1 Å². The molecule has 0 unspecified atom stereocenters. The van der Waals surface area contributed by atoms with Crippen LogP contribution >= 0.6 is 0 Å². The lowest BCUT2D eigenvalue weighted by Crippen LogP contribution is -2.39. The summed E-state index contributed by atoms with van der Waals surface area (Å²) in [5.74, 6) is -0.0370. The Morgan fingerprint density at radius 3 is 2.44 bits per heavy atom. The van der Waals surface area contributed by atoms with Crippen LogP contribution in [0.1, 0.15) is 24.2 Å². The van der Waals surface area contributed by atoms with Crippen LogP contribution in [0.2, 0.25) is 0 Å². The smallest absolute Gasteiger partial charge is 0.251 e. The van der Waals surface area contributed by atoms with Gasteiger partial charge in [-0.15, -0.1) is 0 Å². The summed E-state index contributed by atoms with van der Waals surface area (Å²) in [6, 6.07) is 17.9. The number of aromatic nitrogens is 1. The van der Waals surface area contributed by atoms with Gasteiger partial charge in [-0.25, -0.2) is 0 Å². The zero-order valence-corrected chi connectivity index (χ0v) is 16.5. The number of hydrogen-bond donors (Lipinski definition) is 1. The van der Waals surface area contributed by atoms with Gasteiger partial charge in [-0.2, -0.15) is 0 Å². The van der Waals surface area contributed by atoms with Gasteiger partial charge in [0.1, 0.15) is 0 Å². The van der Waals surface area contributed by atoms with E-state index >= 15 is 0 Å². The van der Waals surface area contributed by atoms with Gasteiger partial charge in [0.2, 0.25) is 0 Å². The van der Waals surface area contributed by atoms with Crippen LogP contribution in [0.5, 0.6) is 0 Å². The average Bonchev–Trinajstić information content (AvgIpc) is 2.65. The molecule has 0 aliphatic carbocycles. The van der Waals surface area contributed by atoms with Crippen LogP contribution in [-0.2, 0) is 0 Å². The molecule has 3 rings (SSSR count). The maximum Gasteiger partial charge on any atom is 0.251 e. The Kier molecular flexibility index (Phi) is 5.57. The predicted molar refractivity (Wildman–Crippen MR) is 112 cm³/mol. The van der Waals surface area contributed by atoms with Gasteiger partial charge in [-0.1, -0.05) is 44.2 Å². The second-order valence-corrected chi connectivity index (χ2v) is 8.08. The minimum absolute atomic E-state index is 0.0237. The topological polar surface area (TPSA) is 45.2 Å². The normalized spacial score (nSPS) is 11.7. The average molecular weight is 361 g/mol. The minimum Gasteiger partial charge on any atom is -0.351 e. The maximum absolute atomic E-state index is 12.5. The lowest BCUT2D eigenvalue weighted by atomic mass is 9.93. The summed E-state index contributed by atoms with van der Waals surface area (Å²) in [7, 11) is 4.09. The van der Waals surface area contributed by atoms with Crippen molar-refractivity contribution < 1.29 is 4.79 Å². The molecule has 0 radical (unpaired) electrons. The summed E-state index contributed by atoms with van der Waals surface area (Å²) in [6.45, 7) is 5.87. The first kappa shape index (κ1) is 19.1. The Morgan fingerprint density at radius 2 is 1.74 bits per heavy atom. The number of carbonyl (C=O) groups excluding carboxylic acids is 1. The fourth-order valence-corrected chi connectivity index (χ4v) is 3.38. The van der Waals surface area contributed by atoms with E-state index in [1.54, 1.807) is 0 Å². The SMILES string of the molecule is CN(C)CC(C)(C)CNC(=O)c1ccc(-c2cnc3ccccc3c2)cc1. The van der Waals surface area contributed by atoms with Crippen molar-refractivity contribution in [2.24, 2.45) is 5.41 Å². The molecule has 0 bridgehead atoms. The molecule has 4 nitrogen and oxygen atoms in total. The lowest BCUT2D eigenvalue weighted by Gasteiger charge is -2.28. The fraction of sp³-hybridized carbons (Fsp3) is 0.304. The number of fused-ring (bicyclic) bond motifs is 1. The predicted octanol–water partition coefficient (Wildman–Crippen LogP) is 4.22. The van der Waals surface area contributed by atoms with Crippen molar-refractivity contribution in [3.05, 3.63) is 66.4 Å². The molecule has 2 aromatic carbocycles. The van der Waals surface area contributed by atoms with Crippen LogP contribution in [0.3, 0.4) is 0 Å². The number of benzene rings is 2. The molecule has 3 aromatic rings. The third-order valence-corrected chi connectivity index (χ3v) is 4.54. The van der Waals surface area contributed by atoms with Crippen LogP contribution in [0.15, 0.2) is 60.8 Å². The highest BCUT2D eigenvalue weighted by Crippen LogP contribution is 2.23. The van der Waals surface area contributed by atoms with Crippen molar-refractivity contribution in [2.45, 2.75) is 13.8 Å². The van der Waals surface area contributed by atoms with Gasteiger partial charge in [0, 0.05) is 35.8 Å². The van der Waals surface area contributed by atoms with E-state index in [2.05, 4.69) is 41.2 Å². The van der Waals surface area contributed by atoms with Crippen molar-refractivity contribution >= 4 is 16.8 Å². The molecule has 1 amide bonds. The van der Waals surface area contributed by atoms with Crippen LogP contribution in [0.25, 0.3) is 22.0 Å². The van der Waals surface area contributed by atoms with Gasteiger partial charge >= 0.3 is 0 Å². The Labute approximate surface area is 161 Å². The van der Waals surface area contributed by atoms with Crippen LogP contribution in [0.4, 0.5) is 0 Å². The lowest BCUT2D eigenvalue weighted by molar-refractivity contribution is 0.0929. The molecule has 1 N–H and O–H groups in total. The van der Waals surface area contributed by atoms with Crippen molar-refractivity contribution in [1.82, 2.24) is 15.2 Å². The van der Waals surface area contributed by atoms with Crippen LogP contribution < -0.4 is 5.32 Å². The molecule has 0 aliphatic heterocycles. The summed E-state index contributed by atoms with van der Waals surface area (Å²) in [4.78, 5) is 19.1. The molecule has 0 aliphatic rings. The Hall–Kier alpha value is -2.72. The van der Waals surface area contributed by atoms with Gasteiger partial charge in [0.15, 0.2) is 0 Å². The molecule has 0 saturated carbocycles. The van der Waals surface area contributed by atoms with Crippen LogP contribution in [-0.4, -0.2) is 43.0 Å². The van der Waals surface area contributed by atoms with Crippen molar-refractivity contribution in [1.29, 1.82) is 0 Å². The number of carbonyl (C=O) groups is 1. The first-order valence-corrected chi connectivity index (χ1v) is 9.22. The van der Waals surface area contributed by atoms with Gasteiger partial charge in [-0.05, 0) is 49.3 Å². The second kappa shape index (κ2) is 7.89. The van der Waals surface area contributed by atoms with Crippen molar-refractivity contribution in [3.8, 4) is 11.1 Å². The highest BCUT2D eigenvalue weighted by atomic mass is 16.1. The monoisotopic (exact) mass is 361 g/mol. The van der Waals surface area contributed by atoms with E-state index in [1.807, 2.05) is 62.8 Å². The maximum atomic E-state index is 12.5. The van der Waals surface area contributed by atoms with E-state index in [9.17, 15) is 4.79 Å². The summed E-state index contributed by atoms with van der Waals surface area (Å²) < 4.78 is 0. The van der Waals surface area contributed by atoms with Crippen LogP contribution in [0, 0.1) is 5.41 Å². The molecule has 1 heterocycles. The Bertz CT molecular complexity index is 930. The summed E-state index contributed by atoms with van der Waals surface area (Å²) in [5.41, 5.74) is 3.78. The second-order valence-electron chi connectivity index (χ2n) is 8.08. The molecule has 0 saturated heterocycles.